The van der Waals surface area contributed by atoms with Crippen molar-refractivity contribution in [2.45, 2.75) is 12.8 Å². The predicted octanol–water partition coefficient (Wildman–Crippen LogP) is 1.28. The number of carbonyl (C=O) groups is 2. The van der Waals surface area contributed by atoms with Crippen LogP contribution >= 0.6 is 11.3 Å². The van der Waals surface area contributed by atoms with Gasteiger partial charge in [0, 0.05) is 0 Å². The normalized spacial score (nSPS) is 12.2. The zero-order chi connectivity index (χ0) is 16.1. The van der Waals surface area contributed by atoms with Crippen molar-refractivity contribution in [3.63, 3.8) is 0 Å². The summed E-state index contributed by atoms with van der Waals surface area (Å²) in [6, 6.07) is 9.52. The summed E-state index contributed by atoms with van der Waals surface area (Å²) >= 11 is 1.34. The molecule has 6 nitrogen and oxygen atoms in total. The van der Waals surface area contributed by atoms with Gasteiger partial charge >= 0.3 is 0 Å². The lowest BCUT2D eigenvalue weighted by atomic mass is 10.1. The van der Waals surface area contributed by atoms with Crippen LogP contribution in [-0.4, -0.2) is 41.2 Å². The number of benzene rings is 1. The molecule has 0 fully saturated rings. The van der Waals surface area contributed by atoms with Gasteiger partial charge in [-0.2, -0.15) is 5.26 Å². The van der Waals surface area contributed by atoms with Crippen LogP contribution < -0.4 is 5.73 Å². The molecule has 1 atom stereocenters. The van der Waals surface area contributed by atoms with Crippen LogP contribution in [0, 0.1) is 11.3 Å². The van der Waals surface area contributed by atoms with E-state index in [1.807, 2.05) is 37.3 Å². The highest BCUT2D eigenvalue weighted by Gasteiger charge is 2.25. The second-order valence-electron chi connectivity index (χ2n) is 4.82. The first-order chi connectivity index (χ1) is 10.5. The Morgan fingerprint density at radius 1 is 1.41 bits per heavy atom. The molecule has 1 unspecified atom stereocenters. The molecule has 114 valence electrons. The van der Waals surface area contributed by atoms with Gasteiger partial charge in [-0.05, 0) is 18.7 Å². The summed E-state index contributed by atoms with van der Waals surface area (Å²) in [6.07, 6.45) is 0. The van der Waals surface area contributed by atoms with Gasteiger partial charge in [0.25, 0.3) is 0 Å². The Balaban J connectivity index is 2.18. The molecule has 1 heterocycles. The molecule has 1 aromatic carbocycles. The molecule has 0 radical (unpaired) electrons. The fraction of sp³-hybridized carbons (Fsp3) is 0.333. The van der Waals surface area contributed by atoms with Gasteiger partial charge in [0.15, 0.2) is 11.7 Å². The van der Waals surface area contributed by atoms with E-state index in [1.165, 1.54) is 11.3 Å². The standard InChI is InChI=1S/C15H16N4O2S/c1-2-19(9-14(17)21)8-12(20)10(7-16)15-18-11-5-3-4-6-13(11)22-15/h3-6,10H,2,8-9H2,1H3,(H2,17,21). The van der Waals surface area contributed by atoms with E-state index in [9.17, 15) is 14.9 Å². The molecule has 0 aliphatic carbocycles. The number of Topliss-reactive ketones (excluding diaryl/α,β-unsaturated/α-hetero) is 1. The van der Waals surface area contributed by atoms with Crippen LogP contribution in [0.1, 0.15) is 17.8 Å². The van der Waals surface area contributed by atoms with Crippen molar-refractivity contribution < 1.29 is 9.59 Å². The molecule has 7 heteroatoms. The highest BCUT2D eigenvalue weighted by molar-refractivity contribution is 7.18. The SMILES string of the molecule is CCN(CC(N)=O)CC(=O)C(C#N)c1nc2ccccc2s1. The first-order valence-corrected chi connectivity index (χ1v) is 7.65. The second kappa shape index (κ2) is 7.11. The van der Waals surface area contributed by atoms with E-state index in [4.69, 9.17) is 5.73 Å². The van der Waals surface area contributed by atoms with Crippen LogP contribution in [-0.2, 0) is 9.59 Å². The maximum atomic E-state index is 12.4. The third kappa shape index (κ3) is 3.67. The van der Waals surface area contributed by atoms with Crippen LogP contribution in [0.15, 0.2) is 24.3 Å². The molecular formula is C15H16N4O2S. The minimum absolute atomic E-state index is 0.000231. The number of fused-ring (bicyclic) bond motifs is 1. The maximum Gasteiger partial charge on any atom is 0.231 e. The Kier molecular flexibility index (Phi) is 5.20. The Morgan fingerprint density at radius 3 is 2.73 bits per heavy atom. The quantitative estimate of drug-likeness (QED) is 0.829. The smallest absolute Gasteiger partial charge is 0.231 e. The van der Waals surface area contributed by atoms with Crippen molar-refractivity contribution in [1.29, 1.82) is 5.26 Å². The van der Waals surface area contributed by atoms with Gasteiger partial charge in [-0.15, -0.1) is 11.3 Å². The van der Waals surface area contributed by atoms with Crippen molar-refractivity contribution >= 4 is 33.2 Å². The topological polar surface area (TPSA) is 100 Å². The number of likely N-dealkylation sites (N-methyl/N-ethyl adjacent to an activating group) is 1. The number of thiazole rings is 1. The Hall–Kier alpha value is -2.30. The summed E-state index contributed by atoms with van der Waals surface area (Å²) in [5.74, 6) is -1.69. The molecule has 0 spiro atoms. The van der Waals surface area contributed by atoms with Crippen molar-refractivity contribution in [2.75, 3.05) is 19.6 Å². The van der Waals surface area contributed by atoms with Crippen LogP contribution in [0.5, 0.6) is 0 Å². The average Bonchev–Trinajstić information content (AvgIpc) is 2.90. The molecule has 0 saturated heterocycles. The lowest BCUT2D eigenvalue weighted by Crippen LogP contribution is -2.38. The number of nitrogens with zero attached hydrogens (tertiary/aromatic N) is 3. The summed E-state index contributed by atoms with van der Waals surface area (Å²) in [5, 5.41) is 9.82. The van der Waals surface area contributed by atoms with Gasteiger partial charge in [-0.1, -0.05) is 19.1 Å². The molecule has 0 aliphatic rings. The Morgan fingerprint density at radius 2 is 2.14 bits per heavy atom. The van der Waals surface area contributed by atoms with E-state index in [0.29, 0.717) is 11.6 Å². The zero-order valence-electron chi connectivity index (χ0n) is 12.2. The first kappa shape index (κ1) is 16.1. The average molecular weight is 316 g/mol. The third-order valence-corrected chi connectivity index (χ3v) is 4.32. The fourth-order valence-corrected chi connectivity index (χ4v) is 3.13. The Bertz CT molecular complexity index is 701. The molecule has 2 N–H and O–H groups in total. The number of hydrogen-bond acceptors (Lipinski definition) is 6. The number of carbonyl (C=O) groups excluding carboxylic acids is 2. The van der Waals surface area contributed by atoms with Gasteiger partial charge in [0.2, 0.25) is 5.91 Å². The van der Waals surface area contributed by atoms with Crippen LogP contribution in [0.25, 0.3) is 10.2 Å². The molecule has 2 rings (SSSR count). The number of ketones is 1. The van der Waals surface area contributed by atoms with Gasteiger partial charge in [0.1, 0.15) is 5.01 Å². The van der Waals surface area contributed by atoms with Crippen LogP contribution in [0.4, 0.5) is 0 Å². The Labute approximate surface area is 132 Å². The predicted molar refractivity (Wildman–Crippen MR) is 84.3 cm³/mol. The number of hydrogen-bond donors (Lipinski definition) is 1. The van der Waals surface area contributed by atoms with E-state index >= 15 is 0 Å². The number of amides is 1. The van der Waals surface area contributed by atoms with E-state index in [2.05, 4.69) is 4.98 Å². The summed E-state index contributed by atoms with van der Waals surface area (Å²) in [6.45, 7) is 2.34. The lowest BCUT2D eigenvalue weighted by molar-refractivity contribution is -0.122. The molecule has 22 heavy (non-hydrogen) atoms. The number of para-hydroxylation sites is 1. The van der Waals surface area contributed by atoms with Crippen molar-refractivity contribution in [2.24, 2.45) is 5.73 Å². The van der Waals surface area contributed by atoms with E-state index < -0.39 is 11.8 Å². The highest BCUT2D eigenvalue weighted by Crippen LogP contribution is 2.27. The van der Waals surface area contributed by atoms with Crippen molar-refractivity contribution in [1.82, 2.24) is 9.88 Å². The number of aromatic nitrogens is 1. The zero-order valence-corrected chi connectivity index (χ0v) is 13.0. The second-order valence-corrected chi connectivity index (χ2v) is 5.88. The molecule has 2 aromatic rings. The number of primary amides is 1. The van der Waals surface area contributed by atoms with Crippen LogP contribution in [0.3, 0.4) is 0 Å². The summed E-state index contributed by atoms with van der Waals surface area (Å²) in [4.78, 5) is 29.3. The number of nitrogens with two attached hydrogens (primary N) is 1. The lowest BCUT2D eigenvalue weighted by Gasteiger charge is -2.18. The van der Waals surface area contributed by atoms with E-state index in [1.54, 1.807) is 4.90 Å². The number of nitriles is 1. The van der Waals surface area contributed by atoms with Crippen molar-refractivity contribution in [3.8, 4) is 6.07 Å². The van der Waals surface area contributed by atoms with Crippen molar-refractivity contribution in [3.05, 3.63) is 29.3 Å². The molecule has 1 aromatic heterocycles. The molecule has 0 aliphatic heterocycles. The minimum atomic E-state index is -0.917. The van der Waals surface area contributed by atoms with Gasteiger partial charge in [-0.3, -0.25) is 14.5 Å². The summed E-state index contributed by atoms with van der Waals surface area (Å²) in [7, 11) is 0. The van der Waals surface area contributed by atoms with Gasteiger partial charge in [-0.25, -0.2) is 4.98 Å². The monoisotopic (exact) mass is 316 g/mol. The van der Waals surface area contributed by atoms with Gasteiger partial charge in [0.05, 0.1) is 29.4 Å². The molecule has 0 saturated carbocycles. The summed E-state index contributed by atoms with van der Waals surface area (Å²) < 4.78 is 0.940. The summed E-state index contributed by atoms with van der Waals surface area (Å²) in [5.41, 5.74) is 5.93. The molecular weight excluding hydrogens is 300 g/mol. The first-order valence-electron chi connectivity index (χ1n) is 6.83. The molecule has 1 amide bonds. The van der Waals surface area contributed by atoms with E-state index in [-0.39, 0.29) is 18.9 Å². The highest BCUT2D eigenvalue weighted by atomic mass is 32.1. The van der Waals surface area contributed by atoms with Gasteiger partial charge < -0.3 is 5.73 Å². The van der Waals surface area contributed by atoms with E-state index in [0.717, 1.165) is 10.2 Å². The number of rotatable bonds is 7. The van der Waals surface area contributed by atoms with Crippen LogP contribution in [0.2, 0.25) is 0 Å². The third-order valence-electron chi connectivity index (χ3n) is 3.21. The molecule has 0 bridgehead atoms. The largest absolute Gasteiger partial charge is 0.369 e. The minimum Gasteiger partial charge on any atom is -0.369 e. The maximum absolute atomic E-state index is 12.4. The fourth-order valence-electron chi connectivity index (χ4n) is 2.09.